The predicted octanol–water partition coefficient (Wildman–Crippen LogP) is 2.27. The molecular weight excluding hydrogens is 228 g/mol. The molecule has 1 saturated heterocycles. The summed E-state index contributed by atoms with van der Waals surface area (Å²) >= 11 is 0. The number of carbonyl (C=O) groups is 1. The molecule has 0 radical (unpaired) electrons. The van der Waals surface area contributed by atoms with Crippen molar-refractivity contribution in [1.82, 2.24) is 4.90 Å². The van der Waals surface area contributed by atoms with Gasteiger partial charge in [-0.1, -0.05) is 48.3 Å². The monoisotopic (exact) mass is 246 g/mol. The topological polar surface area (TPSA) is 52.9 Å². The third-order valence-corrected chi connectivity index (χ3v) is 3.24. The van der Waals surface area contributed by atoms with Crippen LogP contribution in [0.2, 0.25) is 0 Å². The molecule has 1 heterocycles. The lowest BCUT2D eigenvalue weighted by molar-refractivity contribution is -0.124. The van der Waals surface area contributed by atoms with E-state index >= 15 is 0 Å². The molecule has 1 aliphatic heterocycles. The van der Waals surface area contributed by atoms with E-state index in [1.807, 2.05) is 18.2 Å². The first kappa shape index (κ1) is 12.6. The molecule has 1 aromatic carbocycles. The van der Waals surface area contributed by atoms with Crippen molar-refractivity contribution < 1.29 is 10.0 Å². The van der Waals surface area contributed by atoms with Gasteiger partial charge < -0.3 is 10.1 Å². The Morgan fingerprint density at radius 1 is 1.06 bits per heavy atom. The number of nitrogens with zero attached hydrogens (tertiary/aromatic N) is 2. The second-order valence-electron chi connectivity index (χ2n) is 4.52. The SMILES string of the molecule is O=C(/C(=N\O)c1ccccc1)N1CCCCCC1. The van der Waals surface area contributed by atoms with Crippen LogP contribution in [0.15, 0.2) is 35.5 Å². The van der Waals surface area contributed by atoms with Crippen LogP contribution in [0, 0.1) is 0 Å². The Labute approximate surface area is 107 Å². The molecule has 1 aliphatic rings. The lowest BCUT2D eigenvalue weighted by Gasteiger charge is -2.20. The second-order valence-corrected chi connectivity index (χ2v) is 4.52. The standard InChI is InChI=1S/C14H18N2O2/c17-14(16-10-6-1-2-7-11-16)13(15-18)12-8-4-3-5-9-12/h3-5,8-9,18H,1-2,6-7,10-11H2/b15-13-. The number of carbonyl (C=O) groups excluding carboxylic acids is 1. The lowest BCUT2D eigenvalue weighted by Crippen LogP contribution is -2.37. The average molecular weight is 246 g/mol. The first-order valence-electron chi connectivity index (χ1n) is 6.39. The average Bonchev–Trinajstić information content (AvgIpc) is 2.69. The van der Waals surface area contributed by atoms with E-state index in [1.54, 1.807) is 17.0 Å². The molecule has 4 nitrogen and oxygen atoms in total. The predicted molar refractivity (Wildman–Crippen MR) is 69.8 cm³/mol. The molecule has 0 aromatic heterocycles. The first-order chi connectivity index (χ1) is 8.83. The Bertz CT molecular complexity index is 421. The van der Waals surface area contributed by atoms with Crippen molar-refractivity contribution >= 4 is 11.6 Å². The molecule has 0 bridgehead atoms. The number of oxime groups is 1. The zero-order valence-electron chi connectivity index (χ0n) is 10.4. The van der Waals surface area contributed by atoms with Gasteiger partial charge in [0.25, 0.3) is 5.91 Å². The van der Waals surface area contributed by atoms with Crippen LogP contribution in [0.4, 0.5) is 0 Å². The van der Waals surface area contributed by atoms with E-state index in [9.17, 15) is 4.79 Å². The van der Waals surface area contributed by atoms with Gasteiger partial charge in [0.2, 0.25) is 0 Å². The van der Waals surface area contributed by atoms with Gasteiger partial charge in [0.1, 0.15) is 0 Å². The van der Waals surface area contributed by atoms with Gasteiger partial charge in [-0.05, 0) is 12.8 Å². The fourth-order valence-electron chi connectivity index (χ4n) is 2.24. The molecule has 1 N–H and O–H groups in total. The van der Waals surface area contributed by atoms with E-state index in [-0.39, 0.29) is 11.6 Å². The summed E-state index contributed by atoms with van der Waals surface area (Å²) in [6.07, 6.45) is 4.39. The van der Waals surface area contributed by atoms with Crippen molar-refractivity contribution in [2.45, 2.75) is 25.7 Å². The number of rotatable bonds is 2. The normalized spacial score (nSPS) is 17.3. The molecule has 96 valence electrons. The molecule has 1 amide bonds. The van der Waals surface area contributed by atoms with Crippen molar-refractivity contribution in [3.63, 3.8) is 0 Å². The van der Waals surface area contributed by atoms with Crippen molar-refractivity contribution in [3.8, 4) is 0 Å². The summed E-state index contributed by atoms with van der Waals surface area (Å²) in [5, 5.41) is 12.3. The molecule has 18 heavy (non-hydrogen) atoms. The van der Waals surface area contributed by atoms with Crippen LogP contribution >= 0.6 is 0 Å². The molecule has 1 aromatic rings. The van der Waals surface area contributed by atoms with Crippen molar-refractivity contribution in [3.05, 3.63) is 35.9 Å². The van der Waals surface area contributed by atoms with Crippen LogP contribution in [0.1, 0.15) is 31.2 Å². The second kappa shape index (κ2) is 6.19. The Balaban J connectivity index is 2.15. The summed E-state index contributed by atoms with van der Waals surface area (Å²) in [5.74, 6) is -0.175. The molecule has 0 aliphatic carbocycles. The molecule has 2 rings (SSSR count). The number of hydrogen-bond acceptors (Lipinski definition) is 3. The quantitative estimate of drug-likeness (QED) is 0.494. The van der Waals surface area contributed by atoms with Crippen LogP contribution in [0.25, 0.3) is 0 Å². The van der Waals surface area contributed by atoms with Crippen LogP contribution < -0.4 is 0 Å². The summed E-state index contributed by atoms with van der Waals surface area (Å²) in [6.45, 7) is 1.51. The molecule has 0 atom stereocenters. The smallest absolute Gasteiger partial charge is 0.276 e. The highest BCUT2D eigenvalue weighted by Gasteiger charge is 2.22. The highest BCUT2D eigenvalue weighted by Crippen LogP contribution is 2.12. The number of likely N-dealkylation sites (tertiary alicyclic amines) is 1. The van der Waals surface area contributed by atoms with Gasteiger partial charge in [-0.3, -0.25) is 4.79 Å². The number of amides is 1. The van der Waals surface area contributed by atoms with Crippen LogP contribution in [-0.2, 0) is 4.79 Å². The van der Waals surface area contributed by atoms with Gasteiger partial charge in [0, 0.05) is 18.7 Å². The molecule has 4 heteroatoms. The highest BCUT2D eigenvalue weighted by molar-refractivity contribution is 6.45. The van der Waals surface area contributed by atoms with Crippen LogP contribution in [-0.4, -0.2) is 34.8 Å². The Hall–Kier alpha value is -1.84. The van der Waals surface area contributed by atoms with E-state index in [0.717, 1.165) is 25.9 Å². The third kappa shape index (κ3) is 2.88. The molecule has 1 fully saturated rings. The van der Waals surface area contributed by atoms with E-state index in [1.165, 1.54) is 12.8 Å². The minimum absolute atomic E-state index is 0.137. The molecule has 0 spiro atoms. The van der Waals surface area contributed by atoms with E-state index < -0.39 is 0 Å². The summed E-state index contributed by atoms with van der Waals surface area (Å²) in [5.41, 5.74) is 0.798. The van der Waals surface area contributed by atoms with Gasteiger partial charge in [0.05, 0.1) is 0 Å². The van der Waals surface area contributed by atoms with Crippen molar-refractivity contribution in [2.75, 3.05) is 13.1 Å². The molecular formula is C14H18N2O2. The van der Waals surface area contributed by atoms with E-state index in [4.69, 9.17) is 5.21 Å². The Kier molecular flexibility index (Phi) is 4.34. The van der Waals surface area contributed by atoms with Gasteiger partial charge in [-0.25, -0.2) is 0 Å². The fraction of sp³-hybridized carbons (Fsp3) is 0.429. The zero-order valence-corrected chi connectivity index (χ0v) is 10.4. The summed E-state index contributed by atoms with van der Waals surface area (Å²) in [4.78, 5) is 14.1. The van der Waals surface area contributed by atoms with Gasteiger partial charge >= 0.3 is 0 Å². The third-order valence-electron chi connectivity index (χ3n) is 3.24. The number of benzene rings is 1. The zero-order chi connectivity index (χ0) is 12.8. The minimum Gasteiger partial charge on any atom is -0.410 e. The van der Waals surface area contributed by atoms with Crippen molar-refractivity contribution in [2.24, 2.45) is 5.16 Å². The Morgan fingerprint density at radius 3 is 2.22 bits per heavy atom. The Morgan fingerprint density at radius 2 is 1.67 bits per heavy atom. The largest absolute Gasteiger partial charge is 0.410 e. The maximum atomic E-state index is 12.3. The maximum absolute atomic E-state index is 12.3. The fourth-order valence-corrected chi connectivity index (χ4v) is 2.24. The van der Waals surface area contributed by atoms with Gasteiger partial charge in [-0.2, -0.15) is 0 Å². The molecule has 0 unspecified atom stereocenters. The summed E-state index contributed by atoms with van der Waals surface area (Å²) < 4.78 is 0. The van der Waals surface area contributed by atoms with Crippen LogP contribution in [0.3, 0.4) is 0 Å². The summed E-state index contributed by atoms with van der Waals surface area (Å²) in [6, 6.07) is 9.09. The first-order valence-corrected chi connectivity index (χ1v) is 6.39. The summed E-state index contributed by atoms with van der Waals surface area (Å²) in [7, 11) is 0. The lowest BCUT2D eigenvalue weighted by atomic mass is 10.1. The minimum atomic E-state index is -0.175. The number of hydrogen-bond donors (Lipinski definition) is 1. The molecule has 0 saturated carbocycles. The van der Waals surface area contributed by atoms with E-state index in [0.29, 0.717) is 5.56 Å². The highest BCUT2D eigenvalue weighted by atomic mass is 16.4. The van der Waals surface area contributed by atoms with Gasteiger partial charge in [0.15, 0.2) is 5.71 Å². The van der Waals surface area contributed by atoms with E-state index in [2.05, 4.69) is 5.16 Å². The van der Waals surface area contributed by atoms with Gasteiger partial charge in [-0.15, -0.1) is 0 Å². The van der Waals surface area contributed by atoms with Crippen LogP contribution in [0.5, 0.6) is 0 Å². The van der Waals surface area contributed by atoms with Crippen molar-refractivity contribution in [1.29, 1.82) is 0 Å². The maximum Gasteiger partial charge on any atom is 0.276 e.